The number of nitrogens with one attached hydrogen (secondary N) is 2. The Balaban J connectivity index is 1.56. The molecular weight excluding hydrogens is 264 g/mol. The molecule has 1 heterocycles. The van der Waals surface area contributed by atoms with E-state index < -0.39 is 0 Å². The van der Waals surface area contributed by atoms with Crippen molar-refractivity contribution in [2.24, 2.45) is 16.7 Å². The lowest BCUT2D eigenvalue weighted by atomic mass is 9.69. The van der Waals surface area contributed by atoms with Crippen LogP contribution in [0.4, 0.5) is 4.79 Å². The Kier molecular flexibility index (Phi) is 3.71. The highest BCUT2D eigenvalue weighted by atomic mass is 16.5. The number of rotatable bonds is 3. The van der Waals surface area contributed by atoms with Gasteiger partial charge in [-0.05, 0) is 55.8 Å². The zero-order valence-corrected chi connectivity index (χ0v) is 13.9. The molecule has 1 aliphatic heterocycles. The summed E-state index contributed by atoms with van der Waals surface area (Å²) in [6, 6.07) is 0.377. The second-order valence-electron chi connectivity index (χ2n) is 8.12. The Hall–Kier alpha value is -0.770. The van der Waals surface area contributed by atoms with Crippen molar-refractivity contribution in [2.75, 3.05) is 6.61 Å². The molecule has 3 fully saturated rings. The fraction of sp³-hybridized carbons (Fsp3) is 0.941. The molecule has 120 valence electrons. The minimum Gasteiger partial charge on any atom is -0.376 e. The first-order chi connectivity index (χ1) is 9.84. The quantitative estimate of drug-likeness (QED) is 0.840. The summed E-state index contributed by atoms with van der Waals surface area (Å²) >= 11 is 0. The van der Waals surface area contributed by atoms with Gasteiger partial charge in [0.1, 0.15) is 0 Å². The molecule has 0 aromatic carbocycles. The molecule has 1 saturated heterocycles. The Morgan fingerprint density at radius 2 is 2.05 bits per heavy atom. The Labute approximate surface area is 128 Å². The van der Waals surface area contributed by atoms with Gasteiger partial charge in [0, 0.05) is 12.6 Å². The summed E-state index contributed by atoms with van der Waals surface area (Å²) in [5.41, 5.74) is 0.577. The van der Waals surface area contributed by atoms with Crippen LogP contribution in [-0.4, -0.2) is 30.8 Å². The molecule has 2 amide bonds. The third-order valence-electron chi connectivity index (χ3n) is 6.98. The van der Waals surface area contributed by atoms with Crippen LogP contribution < -0.4 is 10.6 Å². The molecule has 2 aliphatic carbocycles. The summed E-state index contributed by atoms with van der Waals surface area (Å²) in [5.74, 6) is 0.753. The maximum absolute atomic E-state index is 12.3. The molecule has 3 aliphatic rings. The molecular formula is C17H30N2O2. The van der Waals surface area contributed by atoms with E-state index in [1.165, 1.54) is 12.8 Å². The number of carbonyl (C=O) groups is 1. The van der Waals surface area contributed by atoms with Gasteiger partial charge in [-0.1, -0.05) is 20.8 Å². The average Bonchev–Trinajstić information content (AvgIpc) is 3.05. The minimum atomic E-state index is -0.0208. The van der Waals surface area contributed by atoms with Gasteiger partial charge in [0.2, 0.25) is 0 Å². The van der Waals surface area contributed by atoms with E-state index in [2.05, 4.69) is 31.4 Å². The van der Waals surface area contributed by atoms with E-state index in [0.29, 0.717) is 11.5 Å². The van der Waals surface area contributed by atoms with Gasteiger partial charge in [-0.15, -0.1) is 0 Å². The van der Waals surface area contributed by atoms with Crippen LogP contribution in [0.5, 0.6) is 0 Å². The highest BCUT2D eigenvalue weighted by Crippen LogP contribution is 2.65. The highest BCUT2D eigenvalue weighted by molar-refractivity contribution is 5.74. The van der Waals surface area contributed by atoms with E-state index in [4.69, 9.17) is 4.74 Å². The molecule has 5 unspecified atom stereocenters. The fourth-order valence-electron chi connectivity index (χ4n) is 4.92. The van der Waals surface area contributed by atoms with Crippen LogP contribution in [0.1, 0.15) is 59.8 Å². The number of ether oxygens (including phenoxy) is 1. The summed E-state index contributed by atoms with van der Waals surface area (Å²) in [5, 5.41) is 6.33. The zero-order chi connectivity index (χ0) is 15.3. The van der Waals surface area contributed by atoms with Crippen LogP contribution in [0.25, 0.3) is 0 Å². The SMILES string of the molecule is CC(NC(=O)NC1CC2CCC1(C)C2(C)C)C1CCCO1. The molecule has 0 radical (unpaired) electrons. The molecule has 2 bridgehead atoms. The number of carbonyl (C=O) groups excluding carboxylic acids is 1. The van der Waals surface area contributed by atoms with E-state index in [0.717, 1.165) is 31.8 Å². The summed E-state index contributed by atoms with van der Waals surface area (Å²) < 4.78 is 5.65. The van der Waals surface area contributed by atoms with Crippen LogP contribution in [0.15, 0.2) is 0 Å². The summed E-state index contributed by atoms with van der Waals surface area (Å²) in [4.78, 5) is 12.3. The van der Waals surface area contributed by atoms with Crippen molar-refractivity contribution in [3.63, 3.8) is 0 Å². The predicted molar refractivity (Wildman–Crippen MR) is 83.1 cm³/mol. The molecule has 2 saturated carbocycles. The summed E-state index contributed by atoms with van der Waals surface area (Å²) in [6.07, 6.45) is 6.02. The standard InChI is InChI=1S/C17H30N2O2/c1-11(13-6-5-9-21-13)18-15(20)19-14-10-12-7-8-17(14,4)16(12,2)3/h11-14H,5-10H2,1-4H3,(H2,18,19,20). The molecule has 3 rings (SSSR count). The average molecular weight is 294 g/mol. The van der Waals surface area contributed by atoms with Crippen LogP contribution in [0, 0.1) is 16.7 Å². The topological polar surface area (TPSA) is 50.4 Å². The Bertz CT molecular complexity index is 417. The van der Waals surface area contributed by atoms with E-state index in [-0.39, 0.29) is 23.6 Å². The second kappa shape index (κ2) is 5.15. The fourth-order valence-corrected chi connectivity index (χ4v) is 4.92. The first kappa shape index (κ1) is 15.1. The normalized spacial score (nSPS) is 42.0. The smallest absolute Gasteiger partial charge is 0.315 e. The van der Waals surface area contributed by atoms with Gasteiger partial charge >= 0.3 is 6.03 Å². The monoisotopic (exact) mass is 294 g/mol. The lowest BCUT2D eigenvalue weighted by Gasteiger charge is -2.39. The van der Waals surface area contributed by atoms with Gasteiger partial charge in [-0.3, -0.25) is 0 Å². The largest absolute Gasteiger partial charge is 0.376 e. The van der Waals surface area contributed by atoms with E-state index in [1.54, 1.807) is 0 Å². The van der Waals surface area contributed by atoms with Crippen LogP contribution in [-0.2, 0) is 4.74 Å². The lowest BCUT2D eigenvalue weighted by Crippen LogP contribution is -2.53. The first-order valence-electron chi connectivity index (χ1n) is 8.53. The van der Waals surface area contributed by atoms with Crippen molar-refractivity contribution < 1.29 is 9.53 Å². The summed E-state index contributed by atoms with van der Waals surface area (Å²) in [7, 11) is 0. The number of fused-ring (bicyclic) bond motifs is 2. The van der Waals surface area contributed by atoms with Gasteiger partial charge in [0.05, 0.1) is 12.1 Å². The summed E-state index contributed by atoms with van der Waals surface area (Å²) in [6.45, 7) is 9.98. The molecule has 4 heteroatoms. The van der Waals surface area contributed by atoms with Crippen molar-refractivity contribution in [1.29, 1.82) is 0 Å². The van der Waals surface area contributed by atoms with Gasteiger partial charge in [-0.2, -0.15) is 0 Å². The van der Waals surface area contributed by atoms with Crippen LogP contribution in [0.3, 0.4) is 0 Å². The van der Waals surface area contributed by atoms with E-state index >= 15 is 0 Å². The first-order valence-corrected chi connectivity index (χ1v) is 8.53. The predicted octanol–water partition coefficient (Wildman–Crippen LogP) is 3.07. The minimum absolute atomic E-state index is 0.0208. The van der Waals surface area contributed by atoms with Gasteiger partial charge < -0.3 is 15.4 Å². The van der Waals surface area contributed by atoms with Crippen molar-refractivity contribution >= 4 is 6.03 Å². The molecule has 2 N–H and O–H groups in total. The van der Waals surface area contributed by atoms with Gasteiger partial charge in [-0.25, -0.2) is 4.79 Å². The number of hydrogen-bond donors (Lipinski definition) is 2. The molecule has 0 aromatic rings. The van der Waals surface area contributed by atoms with E-state index in [1.807, 2.05) is 6.92 Å². The molecule has 21 heavy (non-hydrogen) atoms. The van der Waals surface area contributed by atoms with Gasteiger partial charge in [0.15, 0.2) is 0 Å². The number of urea groups is 1. The number of hydrogen-bond acceptors (Lipinski definition) is 2. The van der Waals surface area contributed by atoms with E-state index in [9.17, 15) is 4.79 Å². The maximum atomic E-state index is 12.3. The van der Waals surface area contributed by atoms with Crippen LogP contribution >= 0.6 is 0 Å². The van der Waals surface area contributed by atoms with Gasteiger partial charge in [0.25, 0.3) is 0 Å². The molecule has 4 nitrogen and oxygen atoms in total. The van der Waals surface area contributed by atoms with Crippen molar-refractivity contribution in [3.8, 4) is 0 Å². The Morgan fingerprint density at radius 3 is 2.57 bits per heavy atom. The Morgan fingerprint density at radius 1 is 1.29 bits per heavy atom. The molecule has 5 atom stereocenters. The molecule has 0 spiro atoms. The lowest BCUT2D eigenvalue weighted by molar-refractivity contribution is 0.0843. The maximum Gasteiger partial charge on any atom is 0.315 e. The highest BCUT2D eigenvalue weighted by Gasteiger charge is 2.61. The second-order valence-corrected chi connectivity index (χ2v) is 8.12. The molecule has 0 aromatic heterocycles. The third kappa shape index (κ3) is 2.36. The van der Waals surface area contributed by atoms with Crippen molar-refractivity contribution in [2.45, 2.75) is 78.0 Å². The van der Waals surface area contributed by atoms with Crippen molar-refractivity contribution in [3.05, 3.63) is 0 Å². The number of amides is 2. The van der Waals surface area contributed by atoms with Crippen molar-refractivity contribution in [1.82, 2.24) is 10.6 Å². The zero-order valence-electron chi connectivity index (χ0n) is 13.9. The third-order valence-corrected chi connectivity index (χ3v) is 6.98. The van der Waals surface area contributed by atoms with Crippen LogP contribution in [0.2, 0.25) is 0 Å².